The molecule has 172 valence electrons. The Kier molecular flexibility index (Phi) is 6.05. The molecule has 2 aromatic carbocycles. The van der Waals surface area contributed by atoms with Crippen LogP contribution in [0.2, 0.25) is 0 Å². The van der Waals surface area contributed by atoms with Crippen LogP contribution in [0.4, 0.5) is 5.69 Å². The third-order valence-corrected chi connectivity index (χ3v) is 8.13. The van der Waals surface area contributed by atoms with Gasteiger partial charge in [0.25, 0.3) is 11.2 Å². The predicted octanol–water partition coefficient (Wildman–Crippen LogP) is 5.46. The van der Waals surface area contributed by atoms with E-state index in [1.54, 1.807) is 15.9 Å². The highest BCUT2D eigenvalue weighted by Crippen LogP contribution is 2.37. The second-order valence-electron chi connectivity index (χ2n) is 8.42. The summed E-state index contributed by atoms with van der Waals surface area (Å²) in [5.74, 6) is 0.461. The Morgan fingerprint density at radius 2 is 1.94 bits per heavy atom. The van der Waals surface area contributed by atoms with Crippen LogP contribution >= 0.6 is 23.1 Å². The first-order valence-electron chi connectivity index (χ1n) is 11.0. The van der Waals surface area contributed by atoms with Gasteiger partial charge in [-0.25, -0.2) is 4.98 Å². The molecule has 1 aliphatic carbocycles. The number of Topliss-reactive ketones (excluding diaryl/α,β-unsaturated/α-hetero) is 1. The van der Waals surface area contributed by atoms with Crippen LogP contribution in [0.25, 0.3) is 15.9 Å². The molecule has 2 heterocycles. The summed E-state index contributed by atoms with van der Waals surface area (Å²) in [7, 11) is 0. The fourth-order valence-electron chi connectivity index (χ4n) is 4.26. The quantitative estimate of drug-likeness (QED) is 0.117. The lowest BCUT2D eigenvalue weighted by Crippen LogP contribution is -2.23. The summed E-state index contributed by atoms with van der Waals surface area (Å²) >= 11 is 2.79. The Bertz CT molecular complexity index is 1460. The van der Waals surface area contributed by atoms with Gasteiger partial charge in [-0.05, 0) is 55.0 Å². The van der Waals surface area contributed by atoms with Crippen molar-refractivity contribution in [2.24, 2.45) is 5.92 Å². The number of nitro groups is 1. The number of fused-ring (bicyclic) bond motifs is 3. The minimum absolute atomic E-state index is 0.0602. The Labute approximate surface area is 203 Å². The van der Waals surface area contributed by atoms with Crippen molar-refractivity contribution in [1.29, 1.82) is 0 Å². The van der Waals surface area contributed by atoms with Crippen LogP contribution in [0.15, 0.2) is 64.5 Å². The van der Waals surface area contributed by atoms with Gasteiger partial charge in [0.2, 0.25) is 0 Å². The SMILES string of the molecule is CC1CCc2c(sc3nc(SCC(=O)c4ccc([N+](=O)[O-])cc4)n(-c4ccccc4)c(=O)c23)C1. The molecule has 0 fully saturated rings. The minimum atomic E-state index is -0.498. The van der Waals surface area contributed by atoms with Gasteiger partial charge in [0, 0.05) is 22.6 Å². The first-order chi connectivity index (χ1) is 16.4. The van der Waals surface area contributed by atoms with Crippen molar-refractivity contribution in [3.05, 3.63) is 91.1 Å². The smallest absolute Gasteiger partial charge is 0.269 e. The molecule has 0 aliphatic heterocycles. The Morgan fingerprint density at radius 1 is 1.21 bits per heavy atom. The topological polar surface area (TPSA) is 95.1 Å². The predicted molar refractivity (Wildman–Crippen MR) is 135 cm³/mol. The van der Waals surface area contributed by atoms with Crippen LogP contribution in [0.5, 0.6) is 0 Å². The van der Waals surface area contributed by atoms with E-state index >= 15 is 0 Å². The molecule has 4 aromatic rings. The van der Waals surface area contributed by atoms with E-state index in [1.807, 2.05) is 30.3 Å². The molecule has 1 unspecified atom stereocenters. The Morgan fingerprint density at radius 3 is 2.65 bits per heavy atom. The number of carbonyl (C=O) groups is 1. The molecule has 9 heteroatoms. The van der Waals surface area contributed by atoms with Crippen LogP contribution in [0.1, 0.15) is 34.1 Å². The molecule has 0 bridgehead atoms. The molecule has 34 heavy (non-hydrogen) atoms. The van der Waals surface area contributed by atoms with E-state index in [-0.39, 0.29) is 22.8 Å². The fraction of sp³-hybridized carbons (Fsp3) is 0.240. The van der Waals surface area contributed by atoms with E-state index in [9.17, 15) is 19.7 Å². The highest BCUT2D eigenvalue weighted by Gasteiger charge is 2.25. The van der Waals surface area contributed by atoms with Gasteiger partial charge in [0.15, 0.2) is 10.9 Å². The number of rotatable bonds is 6. The van der Waals surface area contributed by atoms with Gasteiger partial charge in [-0.2, -0.15) is 0 Å². The van der Waals surface area contributed by atoms with Crippen molar-refractivity contribution in [2.75, 3.05) is 5.75 Å². The maximum atomic E-state index is 13.7. The summed E-state index contributed by atoms with van der Waals surface area (Å²) in [4.78, 5) is 43.7. The number of benzene rings is 2. The van der Waals surface area contributed by atoms with Crippen LogP contribution in [0, 0.1) is 16.0 Å². The number of thioether (sulfide) groups is 1. The lowest BCUT2D eigenvalue weighted by molar-refractivity contribution is -0.384. The molecule has 7 nitrogen and oxygen atoms in total. The average Bonchev–Trinajstić information content (AvgIpc) is 3.20. The number of aromatic nitrogens is 2. The molecule has 0 N–H and O–H groups in total. The average molecular weight is 492 g/mol. The van der Waals surface area contributed by atoms with Crippen LogP contribution in [-0.2, 0) is 12.8 Å². The molecule has 0 saturated heterocycles. The first-order valence-corrected chi connectivity index (χ1v) is 12.8. The van der Waals surface area contributed by atoms with Crippen molar-refractivity contribution >= 4 is 44.8 Å². The summed E-state index contributed by atoms with van der Waals surface area (Å²) in [6, 6.07) is 14.9. The maximum absolute atomic E-state index is 13.7. The van der Waals surface area contributed by atoms with E-state index in [0.29, 0.717) is 27.7 Å². The highest BCUT2D eigenvalue weighted by atomic mass is 32.2. The first kappa shape index (κ1) is 22.5. The van der Waals surface area contributed by atoms with Gasteiger partial charge >= 0.3 is 0 Å². The van der Waals surface area contributed by atoms with E-state index in [2.05, 4.69) is 6.92 Å². The fourth-order valence-corrected chi connectivity index (χ4v) is 6.59. The molecule has 0 radical (unpaired) electrons. The molecule has 0 spiro atoms. The van der Waals surface area contributed by atoms with Gasteiger partial charge in [-0.1, -0.05) is 36.9 Å². The number of non-ortho nitro benzene ring substituents is 1. The van der Waals surface area contributed by atoms with E-state index in [1.165, 1.54) is 40.9 Å². The van der Waals surface area contributed by atoms with E-state index in [4.69, 9.17) is 4.98 Å². The molecule has 0 amide bonds. The van der Waals surface area contributed by atoms with Crippen LogP contribution < -0.4 is 5.56 Å². The normalized spacial score (nSPS) is 15.3. The monoisotopic (exact) mass is 491 g/mol. The van der Waals surface area contributed by atoms with Crippen molar-refractivity contribution in [2.45, 2.75) is 31.3 Å². The van der Waals surface area contributed by atoms with Gasteiger partial charge < -0.3 is 0 Å². The van der Waals surface area contributed by atoms with E-state index in [0.717, 1.165) is 29.7 Å². The molecule has 1 aliphatic rings. The summed E-state index contributed by atoms with van der Waals surface area (Å²) in [5.41, 5.74) is 2.04. The zero-order chi connectivity index (χ0) is 23.8. The number of hydrogen-bond acceptors (Lipinski definition) is 7. The van der Waals surface area contributed by atoms with Gasteiger partial charge in [-0.15, -0.1) is 11.3 Å². The van der Waals surface area contributed by atoms with Crippen LogP contribution in [-0.4, -0.2) is 26.0 Å². The number of thiophene rings is 1. The molecule has 1 atom stereocenters. The summed E-state index contributed by atoms with van der Waals surface area (Å²) < 4.78 is 1.60. The van der Waals surface area contributed by atoms with Gasteiger partial charge in [0.1, 0.15) is 4.83 Å². The molecule has 0 saturated carbocycles. The number of nitro benzene ring substituents is 1. The zero-order valence-electron chi connectivity index (χ0n) is 18.4. The van der Waals surface area contributed by atoms with Gasteiger partial charge in [0.05, 0.1) is 21.7 Å². The maximum Gasteiger partial charge on any atom is 0.269 e. The minimum Gasteiger partial charge on any atom is -0.293 e. The summed E-state index contributed by atoms with van der Waals surface area (Å²) in [5, 5.41) is 12.0. The number of para-hydroxylation sites is 1. The largest absolute Gasteiger partial charge is 0.293 e. The second-order valence-corrected chi connectivity index (χ2v) is 10.4. The molecule has 5 rings (SSSR count). The third-order valence-electron chi connectivity index (χ3n) is 6.05. The number of carbonyl (C=O) groups excluding carboxylic acids is 1. The molecular formula is C25H21N3O4S2. The van der Waals surface area contributed by atoms with Crippen LogP contribution in [0.3, 0.4) is 0 Å². The third kappa shape index (κ3) is 4.17. The zero-order valence-corrected chi connectivity index (χ0v) is 20.0. The molecule has 2 aromatic heterocycles. The van der Waals surface area contributed by atoms with Crippen molar-refractivity contribution in [3.63, 3.8) is 0 Å². The lowest BCUT2D eigenvalue weighted by atomic mass is 9.89. The summed E-state index contributed by atoms with van der Waals surface area (Å²) in [6.45, 7) is 2.23. The van der Waals surface area contributed by atoms with E-state index < -0.39 is 4.92 Å². The second kappa shape index (κ2) is 9.15. The molecular weight excluding hydrogens is 470 g/mol. The van der Waals surface area contributed by atoms with Crippen molar-refractivity contribution < 1.29 is 9.72 Å². The Hall–Kier alpha value is -3.30. The van der Waals surface area contributed by atoms with Gasteiger partial charge in [-0.3, -0.25) is 24.3 Å². The number of nitrogens with zero attached hydrogens (tertiary/aromatic N) is 3. The Balaban J connectivity index is 1.54. The van der Waals surface area contributed by atoms with Crippen molar-refractivity contribution in [3.8, 4) is 5.69 Å². The lowest BCUT2D eigenvalue weighted by Gasteiger charge is -2.17. The number of ketones is 1. The number of hydrogen-bond donors (Lipinski definition) is 0. The van der Waals surface area contributed by atoms with Crippen molar-refractivity contribution in [1.82, 2.24) is 9.55 Å². The number of aryl methyl sites for hydroxylation is 1. The standard InChI is InChI=1S/C25H21N3O4S2/c1-15-7-12-19-21(13-15)34-23-22(19)24(30)27(17-5-3-2-4-6-17)25(26-23)33-14-20(29)16-8-10-18(11-9-16)28(31)32/h2-6,8-11,15H,7,12-14H2,1H3. The highest BCUT2D eigenvalue weighted by molar-refractivity contribution is 7.99. The summed E-state index contributed by atoms with van der Waals surface area (Å²) in [6.07, 6.45) is 2.90.